The molecule has 2 N–H and O–H groups in total. The molecule has 2 atom stereocenters. The van der Waals surface area contributed by atoms with E-state index in [1.807, 2.05) is 43.0 Å². The molecule has 1 aliphatic heterocycles. The Morgan fingerprint density at radius 2 is 2.13 bits per heavy atom. The lowest BCUT2D eigenvalue weighted by atomic mass is 9.98. The molecule has 6 heteroatoms. The van der Waals surface area contributed by atoms with Crippen molar-refractivity contribution in [2.24, 2.45) is 5.73 Å². The Bertz CT molecular complexity index is 727. The lowest BCUT2D eigenvalue weighted by Crippen LogP contribution is -2.48. The molecular weight excluding hydrogens is 312 g/mol. The molecule has 1 saturated heterocycles. The molecule has 0 radical (unpaired) electrons. The van der Waals surface area contributed by atoms with Crippen molar-refractivity contribution in [2.45, 2.75) is 38.8 Å². The summed E-state index contributed by atoms with van der Waals surface area (Å²) in [5.41, 5.74) is 8.18. The number of benzene rings is 1. The van der Waals surface area contributed by atoms with E-state index >= 15 is 0 Å². The van der Waals surface area contributed by atoms with Crippen molar-refractivity contribution in [1.29, 1.82) is 0 Å². The monoisotopic (exact) mass is 332 g/mol. The highest BCUT2D eigenvalue weighted by Crippen LogP contribution is 2.24. The van der Waals surface area contributed by atoms with Gasteiger partial charge in [-0.2, -0.15) is 5.10 Å². The summed E-state index contributed by atoms with van der Waals surface area (Å²) in [7, 11) is 0. The quantitative estimate of drug-likeness (QED) is 0.919. The third-order valence-electron chi connectivity index (χ3n) is 4.50. The van der Waals surface area contributed by atoms with E-state index in [1.54, 1.807) is 10.9 Å². The predicted molar refractivity (Wildman–Crippen MR) is 91.0 cm³/mol. The van der Waals surface area contributed by atoms with Crippen LogP contribution in [0.15, 0.2) is 30.5 Å². The number of likely N-dealkylation sites (tertiary alicyclic amines) is 1. The molecule has 2 aromatic rings. The smallest absolute Gasteiger partial charge is 0.257 e. The second-order valence-corrected chi connectivity index (χ2v) is 6.55. The van der Waals surface area contributed by atoms with E-state index in [-0.39, 0.29) is 18.0 Å². The van der Waals surface area contributed by atoms with Crippen molar-refractivity contribution in [3.8, 4) is 5.69 Å². The first-order chi connectivity index (χ1) is 11.0. The van der Waals surface area contributed by atoms with Crippen LogP contribution in [-0.2, 0) is 0 Å². The number of halogens is 1. The zero-order chi connectivity index (χ0) is 16.6. The zero-order valence-electron chi connectivity index (χ0n) is 13.4. The van der Waals surface area contributed by atoms with Crippen LogP contribution in [0.5, 0.6) is 0 Å². The summed E-state index contributed by atoms with van der Waals surface area (Å²) in [5, 5.41) is 4.97. The topological polar surface area (TPSA) is 64.2 Å². The second-order valence-electron chi connectivity index (χ2n) is 6.14. The first-order valence-electron chi connectivity index (χ1n) is 7.85. The van der Waals surface area contributed by atoms with Crippen molar-refractivity contribution in [1.82, 2.24) is 14.7 Å². The van der Waals surface area contributed by atoms with Gasteiger partial charge in [-0.1, -0.05) is 23.7 Å². The third-order valence-corrected chi connectivity index (χ3v) is 4.82. The van der Waals surface area contributed by atoms with Crippen LogP contribution in [0.1, 0.15) is 35.8 Å². The molecular formula is C17H21ClN4O. The third kappa shape index (κ3) is 2.99. The summed E-state index contributed by atoms with van der Waals surface area (Å²) in [6.45, 7) is 4.63. The van der Waals surface area contributed by atoms with Gasteiger partial charge in [-0.15, -0.1) is 0 Å². The number of hydrogen-bond acceptors (Lipinski definition) is 3. The molecule has 5 nitrogen and oxygen atoms in total. The molecule has 3 rings (SSSR count). The van der Waals surface area contributed by atoms with Crippen LogP contribution in [0.25, 0.3) is 5.69 Å². The molecule has 0 spiro atoms. The van der Waals surface area contributed by atoms with Gasteiger partial charge in [0.2, 0.25) is 0 Å². The molecule has 1 aliphatic rings. The fraction of sp³-hybridized carbons (Fsp3) is 0.412. The van der Waals surface area contributed by atoms with Crippen molar-refractivity contribution < 1.29 is 4.79 Å². The molecule has 1 amide bonds. The number of piperidine rings is 1. The molecule has 2 heterocycles. The fourth-order valence-electron chi connectivity index (χ4n) is 3.15. The average Bonchev–Trinajstić information content (AvgIpc) is 2.89. The molecule has 0 bridgehead atoms. The maximum atomic E-state index is 12.9. The van der Waals surface area contributed by atoms with E-state index in [2.05, 4.69) is 5.10 Å². The van der Waals surface area contributed by atoms with E-state index in [1.165, 1.54) is 0 Å². The lowest BCUT2D eigenvalue weighted by molar-refractivity contribution is 0.0618. The zero-order valence-corrected chi connectivity index (χ0v) is 14.1. The number of carbonyl (C=O) groups excluding carboxylic acids is 1. The highest BCUT2D eigenvalue weighted by Gasteiger charge is 2.29. The minimum atomic E-state index is 0.0141. The molecule has 1 fully saturated rings. The average molecular weight is 333 g/mol. The van der Waals surface area contributed by atoms with Gasteiger partial charge in [-0.05, 0) is 38.8 Å². The summed E-state index contributed by atoms with van der Waals surface area (Å²) in [5.74, 6) is 0.0141. The Hall–Kier alpha value is -1.85. The van der Waals surface area contributed by atoms with Crippen molar-refractivity contribution in [2.75, 3.05) is 6.54 Å². The summed E-state index contributed by atoms with van der Waals surface area (Å²) in [6, 6.07) is 7.80. The first-order valence-corrected chi connectivity index (χ1v) is 8.23. The fourth-order valence-corrected chi connectivity index (χ4v) is 3.37. The number of nitrogens with zero attached hydrogens (tertiary/aromatic N) is 3. The Morgan fingerprint density at radius 1 is 1.39 bits per heavy atom. The number of amides is 1. The number of hydrogen-bond donors (Lipinski definition) is 1. The summed E-state index contributed by atoms with van der Waals surface area (Å²) < 4.78 is 1.72. The Morgan fingerprint density at radius 3 is 2.83 bits per heavy atom. The van der Waals surface area contributed by atoms with Crippen LogP contribution in [0, 0.1) is 6.92 Å². The molecule has 122 valence electrons. The largest absolute Gasteiger partial charge is 0.336 e. The van der Waals surface area contributed by atoms with Crippen LogP contribution in [0.4, 0.5) is 0 Å². The van der Waals surface area contributed by atoms with Crippen molar-refractivity contribution >= 4 is 17.5 Å². The van der Waals surface area contributed by atoms with Gasteiger partial charge < -0.3 is 10.6 Å². The maximum absolute atomic E-state index is 12.9. The highest BCUT2D eigenvalue weighted by atomic mass is 35.5. The van der Waals surface area contributed by atoms with Gasteiger partial charge in [0.05, 0.1) is 28.2 Å². The van der Waals surface area contributed by atoms with Crippen molar-refractivity contribution in [3.63, 3.8) is 0 Å². The Balaban J connectivity index is 1.90. The van der Waals surface area contributed by atoms with Crippen LogP contribution in [0.3, 0.4) is 0 Å². The minimum Gasteiger partial charge on any atom is -0.336 e. The number of nitrogens with two attached hydrogens (primary N) is 1. The normalized spacial score (nSPS) is 21.5. The van der Waals surface area contributed by atoms with Gasteiger partial charge in [0.15, 0.2) is 0 Å². The molecule has 1 aromatic carbocycles. The molecule has 1 aromatic heterocycles. The number of carbonyl (C=O) groups is 1. The summed E-state index contributed by atoms with van der Waals surface area (Å²) >= 11 is 6.24. The Kier molecular flexibility index (Phi) is 4.41. The van der Waals surface area contributed by atoms with Gasteiger partial charge in [0.1, 0.15) is 0 Å². The second kappa shape index (κ2) is 6.34. The van der Waals surface area contributed by atoms with E-state index in [9.17, 15) is 4.79 Å². The van der Waals surface area contributed by atoms with E-state index in [0.717, 1.165) is 24.2 Å². The maximum Gasteiger partial charge on any atom is 0.257 e. The van der Waals surface area contributed by atoms with Gasteiger partial charge >= 0.3 is 0 Å². The van der Waals surface area contributed by atoms with Crippen LogP contribution >= 0.6 is 11.6 Å². The van der Waals surface area contributed by atoms with Gasteiger partial charge in [0.25, 0.3) is 5.91 Å². The standard InChI is InChI=1S/C17H21ClN4O/c1-11-9-13(19)7-8-21(11)17(23)14-10-20-22(12(14)2)16-6-4-3-5-15(16)18/h3-6,10-11,13H,7-9,19H2,1-2H3/t11-,13+/m1/s1. The van der Waals surface area contributed by atoms with Crippen LogP contribution in [0.2, 0.25) is 5.02 Å². The SMILES string of the molecule is Cc1c(C(=O)N2CC[C@H](N)C[C@H]2C)cnn1-c1ccccc1Cl. The number of aromatic nitrogens is 2. The van der Waals surface area contributed by atoms with Crippen molar-refractivity contribution in [3.05, 3.63) is 46.7 Å². The van der Waals surface area contributed by atoms with E-state index in [0.29, 0.717) is 17.1 Å². The van der Waals surface area contributed by atoms with Gasteiger partial charge in [0, 0.05) is 18.6 Å². The molecule has 0 unspecified atom stereocenters. The summed E-state index contributed by atoms with van der Waals surface area (Å²) in [4.78, 5) is 14.8. The highest BCUT2D eigenvalue weighted by molar-refractivity contribution is 6.32. The predicted octanol–water partition coefficient (Wildman–Crippen LogP) is 2.79. The van der Waals surface area contributed by atoms with E-state index in [4.69, 9.17) is 17.3 Å². The molecule has 0 aliphatic carbocycles. The summed E-state index contributed by atoms with van der Waals surface area (Å²) in [6.07, 6.45) is 3.31. The Labute approximate surface area is 141 Å². The first kappa shape index (κ1) is 16.0. The molecule has 0 saturated carbocycles. The number of rotatable bonds is 2. The van der Waals surface area contributed by atoms with Crippen LogP contribution in [-0.4, -0.2) is 39.2 Å². The minimum absolute atomic E-state index is 0.0141. The van der Waals surface area contributed by atoms with E-state index < -0.39 is 0 Å². The number of para-hydroxylation sites is 1. The molecule has 23 heavy (non-hydrogen) atoms. The van der Waals surface area contributed by atoms with Crippen LogP contribution < -0.4 is 5.73 Å². The lowest BCUT2D eigenvalue weighted by Gasteiger charge is -2.36. The van der Waals surface area contributed by atoms with Gasteiger partial charge in [-0.25, -0.2) is 4.68 Å². The van der Waals surface area contributed by atoms with Gasteiger partial charge in [-0.3, -0.25) is 4.79 Å².